The summed E-state index contributed by atoms with van der Waals surface area (Å²) in [6, 6.07) is 5.94. The second kappa shape index (κ2) is 5.15. The fraction of sp³-hybridized carbons (Fsp3) is 0.500. The van der Waals surface area contributed by atoms with Gasteiger partial charge in [0.05, 0.1) is 18.0 Å². The lowest BCUT2D eigenvalue weighted by Gasteiger charge is -2.36. The molecule has 0 aliphatic rings. The molecule has 0 aromatic carbocycles. The van der Waals surface area contributed by atoms with Crippen LogP contribution in [0, 0.1) is 0 Å². The fourth-order valence-electron chi connectivity index (χ4n) is 1.16. The van der Waals surface area contributed by atoms with Crippen LogP contribution in [0.1, 0.15) is 32.2 Å². The molecule has 0 aliphatic carbocycles. The third kappa shape index (κ3) is 3.79. The molecule has 2 nitrogen and oxygen atoms in total. The normalized spacial score (nSPS) is 12.5. The van der Waals surface area contributed by atoms with Crippen LogP contribution in [0.15, 0.2) is 24.8 Å². The Morgan fingerprint density at radius 2 is 2.00 bits per heavy atom. The van der Waals surface area contributed by atoms with Gasteiger partial charge in [0.1, 0.15) is 0 Å². The number of hydrogen-bond donors (Lipinski definition) is 0. The van der Waals surface area contributed by atoms with E-state index in [1.54, 1.807) is 6.08 Å². The molecule has 1 rings (SSSR count). The van der Waals surface area contributed by atoms with Crippen LogP contribution in [-0.2, 0) is 11.0 Å². The van der Waals surface area contributed by atoms with Gasteiger partial charge in [0.25, 0.3) is 0 Å². The largest absolute Gasteiger partial charge is 0.411 e. The Morgan fingerprint density at radius 1 is 1.35 bits per heavy atom. The van der Waals surface area contributed by atoms with Crippen molar-refractivity contribution in [1.82, 2.24) is 4.98 Å². The molecule has 0 spiro atoms. The van der Waals surface area contributed by atoms with Crippen molar-refractivity contribution in [2.45, 2.75) is 45.5 Å². The molecule has 3 heteroatoms. The smallest absolute Gasteiger partial charge is 0.192 e. The summed E-state index contributed by atoms with van der Waals surface area (Å²) in [5.74, 6) is 0. The van der Waals surface area contributed by atoms with Gasteiger partial charge in [-0.2, -0.15) is 0 Å². The van der Waals surface area contributed by atoms with Crippen molar-refractivity contribution in [3.05, 3.63) is 36.2 Å². The molecule has 1 aromatic heterocycles. The van der Waals surface area contributed by atoms with E-state index in [0.29, 0.717) is 6.61 Å². The van der Waals surface area contributed by atoms with Gasteiger partial charge in [-0.25, -0.2) is 0 Å². The maximum atomic E-state index is 6.12. The Kier molecular flexibility index (Phi) is 4.28. The van der Waals surface area contributed by atoms with Crippen molar-refractivity contribution >= 4 is 14.4 Å². The van der Waals surface area contributed by atoms with Crippen molar-refractivity contribution in [2.24, 2.45) is 0 Å². The van der Waals surface area contributed by atoms with Gasteiger partial charge < -0.3 is 4.43 Å². The minimum atomic E-state index is -1.68. The first-order valence-corrected chi connectivity index (χ1v) is 8.89. The maximum Gasteiger partial charge on any atom is 0.192 e. The highest BCUT2D eigenvalue weighted by atomic mass is 28.4. The summed E-state index contributed by atoms with van der Waals surface area (Å²) in [7, 11) is -1.68. The zero-order valence-electron chi connectivity index (χ0n) is 11.6. The summed E-state index contributed by atoms with van der Waals surface area (Å²) in [4.78, 5) is 4.46. The van der Waals surface area contributed by atoms with E-state index >= 15 is 0 Å². The van der Waals surface area contributed by atoms with E-state index in [0.717, 1.165) is 11.4 Å². The highest BCUT2D eigenvalue weighted by molar-refractivity contribution is 6.74. The maximum absolute atomic E-state index is 6.12. The van der Waals surface area contributed by atoms with Gasteiger partial charge in [-0.3, -0.25) is 4.98 Å². The lowest BCUT2D eigenvalue weighted by atomic mass is 10.2. The summed E-state index contributed by atoms with van der Waals surface area (Å²) in [6.45, 7) is 15.6. The van der Waals surface area contributed by atoms with Gasteiger partial charge in [-0.15, -0.1) is 0 Å². The SMILES string of the molecule is C=Cc1cccc(CO[Si](C)(C)C(C)(C)C)n1. The van der Waals surface area contributed by atoms with Crippen LogP contribution >= 0.6 is 0 Å². The average Bonchev–Trinajstić information content (AvgIpc) is 2.25. The molecule has 0 fully saturated rings. The van der Waals surface area contributed by atoms with Gasteiger partial charge in [0.15, 0.2) is 8.32 Å². The average molecular weight is 249 g/mol. The van der Waals surface area contributed by atoms with Crippen LogP contribution in [-0.4, -0.2) is 13.3 Å². The Bertz CT molecular complexity index is 393. The van der Waals surface area contributed by atoms with Gasteiger partial charge >= 0.3 is 0 Å². The van der Waals surface area contributed by atoms with Crippen LogP contribution in [0.5, 0.6) is 0 Å². The topological polar surface area (TPSA) is 22.1 Å². The molecule has 0 saturated carbocycles. The van der Waals surface area contributed by atoms with E-state index in [9.17, 15) is 0 Å². The van der Waals surface area contributed by atoms with E-state index in [1.165, 1.54) is 0 Å². The molecule has 1 aromatic rings. The number of pyridine rings is 1. The molecule has 94 valence electrons. The molecular formula is C14H23NOSi. The third-order valence-corrected chi connectivity index (χ3v) is 7.90. The fourth-order valence-corrected chi connectivity index (χ4v) is 2.10. The summed E-state index contributed by atoms with van der Waals surface area (Å²) in [6.07, 6.45) is 1.76. The van der Waals surface area contributed by atoms with Crippen molar-refractivity contribution in [1.29, 1.82) is 0 Å². The molecule has 0 N–H and O–H groups in total. The Hall–Kier alpha value is -0.933. The standard InChI is InChI=1S/C14H23NOSi/c1-7-12-9-8-10-13(15-12)11-16-17(5,6)14(2,3)4/h7-10H,1,11H2,2-6H3. The molecule has 0 aliphatic heterocycles. The quantitative estimate of drug-likeness (QED) is 0.744. The van der Waals surface area contributed by atoms with E-state index in [-0.39, 0.29) is 5.04 Å². The Balaban J connectivity index is 2.70. The molecule has 0 atom stereocenters. The number of aromatic nitrogens is 1. The van der Waals surface area contributed by atoms with Crippen LogP contribution in [0.25, 0.3) is 6.08 Å². The second-order valence-electron chi connectivity index (χ2n) is 5.81. The summed E-state index contributed by atoms with van der Waals surface area (Å²) < 4.78 is 6.12. The van der Waals surface area contributed by atoms with Crippen LogP contribution in [0.3, 0.4) is 0 Å². The lowest BCUT2D eigenvalue weighted by molar-refractivity contribution is 0.272. The summed E-state index contributed by atoms with van der Waals surface area (Å²) in [5.41, 5.74) is 1.88. The van der Waals surface area contributed by atoms with E-state index in [2.05, 4.69) is 45.4 Å². The highest BCUT2D eigenvalue weighted by Gasteiger charge is 2.37. The van der Waals surface area contributed by atoms with E-state index < -0.39 is 8.32 Å². The molecule has 0 saturated heterocycles. The second-order valence-corrected chi connectivity index (χ2v) is 10.6. The first kappa shape index (κ1) is 14.1. The third-order valence-electron chi connectivity index (χ3n) is 3.42. The zero-order chi connectivity index (χ0) is 13.1. The van der Waals surface area contributed by atoms with Gasteiger partial charge in [-0.05, 0) is 36.3 Å². The predicted octanol–water partition coefficient (Wildman–Crippen LogP) is 4.25. The van der Waals surface area contributed by atoms with Crippen LogP contribution in [0.2, 0.25) is 18.1 Å². The zero-order valence-corrected chi connectivity index (χ0v) is 12.6. The van der Waals surface area contributed by atoms with Crippen LogP contribution < -0.4 is 0 Å². The van der Waals surface area contributed by atoms with Gasteiger partial charge in [0, 0.05) is 0 Å². The van der Waals surface area contributed by atoms with Crippen molar-refractivity contribution in [3.63, 3.8) is 0 Å². The molecule has 0 bridgehead atoms. The Labute approximate surface area is 106 Å². The minimum absolute atomic E-state index is 0.239. The molecule has 0 unspecified atom stereocenters. The van der Waals surface area contributed by atoms with Gasteiger partial charge in [-0.1, -0.05) is 33.4 Å². The molecule has 0 radical (unpaired) electrons. The monoisotopic (exact) mass is 249 g/mol. The number of hydrogen-bond acceptors (Lipinski definition) is 2. The summed E-state index contributed by atoms with van der Waals surface area (Å²) >= 11 is 0. The molecule has 0 amide bonds. The van der Waals surface area contributed by atoms with Crippen molar-refractivity contribution in [3.8, 4) is 0 Å². The number of nitrogens with zero attached hydrogens (tertiary/aromatic N) is 1. The molecule has 17 heavy (non-hydrogen) atoms. The lowest BCUT2D eigenvalue weighted by Crippen LogP contribution is -2.40. The van der Waals surface area contributed by atoms with Crippen LogP contribution in [0.4, 0.5) is 0 Å². The van der Waals surface area contributed by atoms with E-state index in [4.69, 9.17) is 4.43 Å². The van der Waals surface area contributed by atoms with Crippen molar-refractivity contribution < 1.29 is 4.43 Å². The first-order valence-electron chi connectivity index (χ1n) is 5.98. The predicted molar refractivity (Wildman–Crippen MR) is 76.3 cm³/mol. The Morgan fingerprint density at radius 3 is 2.53 bits per heavy atom. The van der Waals surface area contributed by atoms with E-state index in [1.807, 2.05) is 18.2 Å². The molecular weight excluding hydrogens is 226 g/mol. The molecule has 1 heterocycles. The van der Waals surface area contributed by atoms with Gasteiger partial charge in [0.2, 0.25) is 0 Å². The first-order chi connectivity index (χ1) is 7.76. The highest BCUT2D eigenvalue weighted by Crippen LogP contribution is 2.36. The van der Waals surface area contributed by atoms with Crippen molar-refractivity contribution in [2.75, 3.05) is 0 Å². The summed E-state index contributed by atoms with van der Waals surface area (Å²) in [5, 5.41) is 0.239. The number of rotatable bonds is 4. The minimum Gasteiger partial charge on any atom is -0.411 e.